The van der Waals surface area contributed by atoms with Crippen LogP contribution in [-0.2, 0) is 12.8 Å². The molecule has 0 spiro atoms. The number of unbranched alkanes of at least 4 members (excludes halogenated alkanes) is 1. The van der Waals surface area contributed by atoms with Crippen LogP contribution in [0, 0.1) is 35.5 Å². The van der Waals surface area contributed by atoms with E-state index in [0.29, 0.717) is 0 Å². The van der Waals surface area contributed by atoms with Crippen molar-refractivity contribution in [1.82, 2.24) is 0 Å². The van der Waals surface area contributed by atoms with Crippen molar-refractivity contribution in [1.29, 1.82) is 0 Å². The van der Waals surface area contributed by atoms with Crippen molar-refractivity contribution in [2.45, 2.75) is 124 Å². The van der Waals surface area contributed by atoms with Crippen molar-refractivity contribution in [2.75, 3.05) is 0 Å². The van der Waals surface area contributed by atoms with Crippen LogP contribution in [0.2, 0.25) is 0 Å². The van der Waals surface area contributed by atoms with Crippen LogP contribution in [0.4, 0.5) is 0 Å². The first-order valence-electron chi connectivity index (χ1n) is 20.9. The summed E-state index contributed by atoms with van der Waals surface area (Å²) in [5.74, 6) is 15.0. The second kappa shape index (κ2) is 21.9. The normalized spacial score (nSPS) is 16.5. The molecule has 0 saturated carbocycles. The third-order valence-corrected chi connectivity index (χ3v) is 10.9. The second-order valence-corrected chi connectivity index (χ2v) is 15.2. The molecule has 4 aromatic carbocycles. The predicted octanol–water partition coefficient (Wildman–Crippen LogP) is 14.4. The summed E-state index contributed by atoms with van der Waals surface area (Å²) in [6.45, 7) is 9.03. The maximum Gasteiger partial charge on any atom is 0.0249 e. The minimum Gasteiger partial charge on any atom is -0.0804 e. The molecule has 2 atom stereocenters. The predicted molar refractivity (Wildman–Crippen MR) is 231 cm³/mol. The van der Waals surface area contributed by atoms with Gasteiger partial charge < -0.3 is 0 Å². The Bertz CT molecular complexity index is 1860. The van der Waals surface area contributed by atoms with Gasteiger partial charge in [0.2, 0.25) is 0 Å². The Balaban J connectivity index is 0.000000204. The summed E-state index contributed by atoms with van der Waals surface area (Å²) in [5.41, 5.74) is 12.9. The molecule has 0 bridgehead atoms. The maximum atomic E-state index is 3.31. The molecule has 2 unspecified atom stereocenters. The summed E-state index contributed by atoms with van der Waals surface area (Å²) in [6, 6.07) is 35.0. The van der Waals surface area contributed by atoms with Crippen LogP contribution in [0.25, 0.3) is 11.1 Å². The van der Waals surface area contributed by atoms with Crippen LogP contribution < -0.4 is 0 Å². The molecule has 0 radical (unpaired) electrons. The van der Waals surface area contributed by atoms with Gasteiger partial charge in [0.1, 0.15) is 0 Å². The van der Waals surface area contributed by atoms with Crippen LogP contribution in [-0.4, -0.2) is 0 Å². The zero-order chi connectivity index (χ0) is 37.1. The summed E-state index contributed by atoms with van der Waals surface area (Å²) in [4.78, 5) is 0. The highest BCUT2D eigenvalue weighted by Gasteiger charge is 2.15. The molecule has 0 nitrogen and oxygen atoms in total. The molecule has 4 aromatic rings. The van der Waals surface area contributed by atoms with Gasteiger partial charge in [0.05, 0.1) is 0 Å². The molecule has 2 aliphatic carbocycles. The van der Waals surface area contributed by atoms with Gasteiger partial charge in [-0.25, -0.2) is 0 Å². The van der Waals surface area contributed by atoms with Crippen molar-refractivity contribution in [3.05, 3.63) is 154 Å². The molecule has 0 saturated heterocycles. The third kappa shape index (κ3) is 13.1. The molecule has 6 rings (SSSR count). The summed E-state index contributed by atoms with van der Waals surface area (Å²) in [6.07, 6.45) is 23.9. The van der Waals surface area contributed by atoms with E-state index < -0.39 is 0 Å². The second-order valence-electron chi connectivity index (χ2n) is 15.2. The van der Waals surface area contributed by atoms with Crippen molar-refractivity contribution in [3.63, 3.8) is 0 Å². The van der Waals surface area contributed by atoms with E-state index in [2.05, 4.69) is 161 Å². The summed E-state index contributed by atoms with van der Waals surface area (Å²) in [7, 11) is 0. The fourth-order valence-corrected chi connectivity index (χ4v) is 7.65. The van der Waals surface area contributed by atoms with Crippen molar-refractivity contribution >= 4 is 11.1 Å². The lowest BCUT2D eigenvalue weighted by atomic mass is 9.84. The van der Waals surface area contributed by atoms with Gasteiger partial charge in [-0.3, -0.25) is 0 Å². The molecule has 0 amide bonds. The first-order valence-corrected chi connectivity index (χ1v) is 20.9. The molecular formula is C53H62. The SMILES string of the molecule is CCCCc1ccc(C#Cc2ccc(C3=CCC(CCC)CC3)cc2)cc1.CCCc1ccc(C#Cc2ccc(C3=CCC(CCC)CC3)cc2)cc1. The van der Waals surface area contributed by atoms with Crippen LogP contribution >= 0.6 is 0 Å². The van der Waals surface area contributed by atoms with Crippen LogP contribution in [0.15, 0.2) is 109 Å². The maximum absolute atomic E-state index is 3.31. The number of benzene rings is 4. The Morgan fingerprint density at radius 2 is 0.811 bits per heavy atom. The Labute approximate surface area is 323 Å². The number of aryl methyl sites for hydroxylation is 2. The Morgan fingerprint density at radius 1 is 0.434 bits per heavy atom. The molecule has 0 fully saturated rings. The van der Waals surface area contributed by atoms with E-state index >= 15 is 0 Å². The van der Waals surface area contributed by atoms with Crippen molar-refractivity contribution < 1.29 is 0 Å². The van der Waals surface area contributed by atoms with Gasteiger partial charge in [0.25, 0.3) is 0 Å². The summed E-state index contributed by atoms with van der Waals surface area (Å²) in [5, 5.41) is 0. The van der Waals surface area contributed by atoms with Gasteiger partial charge in [-0.05, 0) is 152 Å². The van der Waals surface area contributed by atoms with E-state index in [4.69, 9.17) is 0 Å². The molecule has 53 heavy (non-hydrogen) atoms. The van der Waals surface area contributed by atoms with Crippen molar-refractivity contribution in [3.8, 4) is 23.7 Å². The fraction of sp³-hybridized carbons (Fsp3) is 0.396. The summed E-state index contributed by atoms with van der Waals surface area (Å²) >= 11 is 0. The standard InChI is InChI=1S/C27H32.C26H30/c1-3-5-7-23-8-10-24(11-9-23)12-13-25-16-20-27(21-17-25)26-18-14-22(6-4-2)15-19-26;1-3-5-21-7-9-23(10-8-21)11-12-24-15-19-26(20-16-24)25-17-13-22(6-4-2)14-18-25/h8-11,16-18,20-22H,3-7,14-15,19H2,1-2H3;7-10,15-17,19-20,22H,3-6,13-14,18H2,1-2H3. The minimum atomic E-state index is 0.900. The van der Waals surface area contributed by atoms with Gasteiger partial charge in [0.15, 0.2) is 0 Å². The fourth-order valence-electron chi connectivity index (χ4n) is 7.65. The van der Waals surface area contributed by atoms with Gasteiger partial charge in [-0.1, -0.05) is 151 Å². The van der Waals surface area contributed by atoms with E-state index in [1.165, 1.54) is 123 Å². The van der Waals surface area contributed by atoms with Crippen LogP contribution in [0.1, 0.15) is 156 Å². The van der Waals surface area contributed by atoms with E-state index in [1.54, 1.807) is 0 Å². The lowest BCUT2D eigenvalue weighted by Gasteiger charge is -2.21. The van der Waals surface area contributed by atoms with Gasteiger partial charge in [-0.15, -0.1) is 0 Å². The lowest BCUT2D eigenvalue weighted by Crippen LogP contribution is -2.04. The third-order valence-electron chi connectivity index (χ3n) is 10.9. The highest BCUT2D eigenvalue weighted by Crippen LogP contribution is 2.33. The smallest absolute Gasteiger partial charge is 0.0249 e. The average Bonchev–Trinajstić information content (AvgIpc) is 3.21. The molecule has 0 aliphatic heterocycles. The van der Waals surface area contributed by atoms with Gasteiger partial charge in [-0.2, -0.15) is 0 Å². The largest absolute Gasteiger partial charge is 0.0804 e. The first-order chi connectivity index (χ1) is 26.1. The van der Waals surface area contributed by atoms with E-state index in [9.17, 15) is 0 Å². The van der Waals surface area contributed by atoms with Gasteiger partial charge in [0, 0.05) is 22.3 Å². The molecule has 0 heteroatoms. The molecule has 2 aliphatic rings. The van der Waals surface area contributed by atoms with E-state index in [1.807, 2.05) is 0 Å². The van der Waals surface area contributed by atoms with Crippen LogP contribution in [0.5, 0.6) is 0 Å². The van der Waals surface area contributed by atoms with Gasteiger partial charge >= 0.3 is 0 Å². The molecule has 0 heterocycles. The molecule has 0 aromatic heterocycles. The number of hydrogen-bond acceptors (Lipinski definition) is 0. The molecule has 274 valence electrons. The monoisotopic (exact) mass is 698 g/mol. The number of allylic oxidation sites excluding steroid dienone is 4. The first kappa shape index (κ1) is 39.7. The highest BCUT2D eigenvalue weighted by molar-refractivity contribution is 5.68. The van der Waals surface area contributed by atoms with E-state index in [0.717, 1.165) is 40.5 Å². The Hall–Kier alpha value is -4.52. The topological polar surface area (TPSA) is 0 Å². The zero-order valence-corrected chi connectivity index (χ0v) is 33.2. The highest BCUT2D eigenvalue weighted by atomic mass is 14.2. The quantitative estimate of drug-likeness (QED) is 0.137. The minimum absolute atomic E-state index is 0.900. The molecular weight excluding hydrogens is 637 g/mol. The lowest BCUT2D eigenvalue weighted by molar-refractivity contribution is 0.445. The average molecular weight is 699 g/mol. The molecule has 0 N–H and O–H groups in total. The van der Waals surface area contributed by atoms with Crippen molar-refractivity contribution in [2.24, 2.45) is 11.8 Å². The van der Waals surface area contributed by atoms with E-state index in [-0.39, 0.29) is 0 Å². The summed E-state index contributed by atoms with van der Waals surface area (Å²) < 4.78 is 0. The number of rotatable bonds is 11. The Kier molecular flexibility index (Phi) is 16.4. The zero-order valence-electron chi connectivity index (χ0n) is 33.2. The van der Waals surface area contributed by atoms with Crippen LogP contribution in [0.3, 0.4) is 0 Å². The number of hydrogen-bond donors (Lipinski definition) is 0. The Morgan fingerprint density at radius 3 is 1.13 bits per heavy atom.